The molecule has 0 amide bonds. The molecule has 0 unspecified atom stereocenters. The van der Waals surface area contributed by atoms with Gasteiger partial charge in [0.25, 0.3) is 0 Å². The van der Waals surface area contributed by atoms with E-state index < -0.39 is 0 Å². The van der Waals surface area contributed by atoms with Gasteiger partial charge < -0.3 is 0 Å². The molecule has 1 aliphatic heterocycles. The lowest BCUT2D eigenvalue weighted by Crippen LogP contribution is -2.53. The van der Waals surface area contributed by atoms with Crippen molar-refractivity contribution in [3.63, 3.8) is 0 Å². The molecule has 2 aromatic carbocycles. The van der Waals surface area contributed by atoms with Crippen LogP contribution < -0.4 is 0 Å². The Morgan fingerprint density at radius 1 is 0.912 bits per heavy atom. The van der Waals surface area contributed by atoms with Crippen LogP contribution in [0.15, 0.2) is 60.7 Å². The molecule has 0 bridgehead atoms. The number of piperidine rings is 1. The van der Waals surface area contributed by atoms with Crippen LogP contribution in [0.2, 0.25) is 0 Å². The zero-order valence-electron chi connectivity index (χ0n) is 23.1. The van der Waals surface area contributed by atoms with Crippen molar-refractivity contribution in [1.29, 1.82) is 0 Å². The Labute approximate surface area is 210 Å². The first-order chi connectivity index (χ1) is 15.9. The summed E-state index contributed by atoms with van der Waals surface area (Å²) in [5, 5.41) is 0. The Morgan fingerprint density at radius 2 is 1.47 bits per heavy atom. The van der Waals surface area contributed by atoms with E-state index in [1.54, 1.807) is 6.92 Å². The van der Waals surface area contributed by atoms with Crippen molar-refractivity contribution in [2.45, 2.75) is 105 Å². The van der Waals surface area contributed by atoms with E-state index in [0.717, 1.165) is 18.9 Å². The van der Waals surface area contributed by atoms with Crippen LogP contribution in [0.4, 0.5) is 0 Å². The second-order valence-electron chi connectivity index (χ2n) is 12.5. The van der Waals surface area contributed by atoms with E-state index in [0.29, 0.717) is 11.5 Å². The van der Waals surface area contributed by atoms with Crippen LogP contribution in [0.3, 0.4) is 0 Å². The predicted molar refractivity (Wildman–Crippen MR) is 147 cm³/mol. The van der Waals surface area contributed by atoms with Crippen molar-refractivity contribution in [3.05, 3.63) is 71.8 Å². The van der Waals surface area contributed by atoms with Gasteiger partial charge in [0.2, 0.25) is 0 Å². The van der Waals surface area contributed by atoms with Crippen molar-refractivity contribution < 1.29 is 4.79 Å². The molecule has 2 aromatic rings. The monoisotopic (exact) mass is 463 g/mol. The minimum Gasteiger partial charge on any atom is -0.299 e. The van der Waals surface area contributed by atoms with Crippen LogP contribution in [0.25, 0.3) is 0 Å². The number of likely N-dealkylation sites (tertiary alicyclic amines) is 1. The third-order valence-corrected chi connectivity index (χ3v) is 6.78. The molecule has 1 saturated heterocycles. The van der Waals surface area contributed by atoms with Crippen molar-refractivity contribution in [2.24, 2.45) is 11.3 Å². The van der Waals surface area contributed by atoms with Crippen LogP contribution in [0.5, 0.6) is 0 Å². The number of Topliss-reactive ketones (excluding diaryl/α,β-unsaturated/α-hetero) is 1. The topological polar surface area (TPSA) is 20.3 Å². The van der Waals surface area contributed by atoms with E-state index in [9.17, 15) is 4.79 Å². The zero-order valence-corrected chi connectivity index (χ0v) is 23.1. The molecule has 0 radical (unpaired) electrons. The second kappa shape index (κ2) is 12.7. The summed E-state index contributed by atoms with van der Waals surface area (Å²) in [4.78, 5) is 14.8. The molecule has 1 heterocycles. The number of hydrogen-bond donors (Lipinski definition) is 0. The summed E-state index contributed by atoms with van der Waals surface area (Å²) in [6.07, 6.45) is 6.09. The molecule has 0 N–H and O–H groups in total. The highest BCUT2D eigenvalue weighted by atomic mass is 16.1. The van der Waals surface area contributed by atoms with Gasteiger partial charge in [0, 0.05) is 11.6 Å². The average molecular weight is 464 g/mol. The molecule has 3 atom stereocenters. The van der Waals surface area contributed by atoms with Crippen LogP contribution in [0.1, 0.15) is 98.1 Å². The predicted octanol–water partition coefficient (Wildman–Crippen LogP) is 8.31. The van der Waals surface area contributed by atoms with E-state index in [1.807, 2.05) is 18.2 Å². The Morgan fingerprint density at radius 3 is 1.97 bits per heavy atom. The highest BCUT2D eigenvalue weighted by Gasteiger charge is 2.38. The summed E-state index contributed by atoms with van der Waals surface area (Å²) in [5.41, 5.74) is 3.20. The normalized spacial score (nSPS) is 19.0. The van der Waals surface area contributed by atoms with Gasteiger partial charge in [-0.1, -0.05) is 94.8 Å². The summed E-state index contributed by atoms with van der Waals surface area (Å²) in [6.45, 7) is 18.9. The molecule has 188 valence electrons. The van der Waals surface area contributed by atoms with Crippen LogP contribution >= 0.6 is 0 Å². The third kappa shape index (κ3) is 9.37. The molecule has 0 aromatic heterocycles. The van der Waals surface area contributed by atoms with Crippen molar-refractivity contribution in [3.8, 4) is 0 Å². The minimum absolute atomic E-state index is 0.00993. The van der Waals surface area contributed by atoms with E-state index in [1.165, 1.54) is 36.8 Å². The van der Waals surface area contributed by atoms with E-state index >= 15 is 0 Å². The van der Waals surface area contributed by atoms with Gasteiger partial charge in [-0.05, 0) is 82.4 Å². The van der Waals surface area contributed by atoms with Crippen molar-refractivity contribution >= 4 is 5.78 Å². The Hall–Kier alpha value is -1.93. The first kappa shape index (κ1) is 28.3. The van der Waals surface area contributed by atoms with E-state index in [-0.39, 0.29) is 17.2 Å². The SMILES string of the molecule is CC(=O)[C@H](c1ccccc1)[C@H]1CCCCN1C(C)(C)C.C[C@@H](Cc1ccccc1)CC(C)(C)C. The lowest BCUT2D eigenvalue weighted by Gasteiger charge is -2.47. The van der Waals surface area contributed by atoms with Gasteiger partial charge in [0.05, 0.1) is 5.92 Å². The van der Waals surface area contributed by atoms with Crippen LogP contribution in [0, 0.1) is 11.3 Å². The summed E-state index contributed by atoms with van der Waals surface area (Å²) in [5.74, 6) is 1.07. The van der Waals surface area contributed by atoms with Gasteiger partial charge in [0.15, 0.2) is 0 Å². The molecule has 34 heavy (non-hydrogen) atoms. The second-order valence-corrected chi connectivity index (χ2v) is 12.5. The van der Waals surface area contributed by atoms with E-state index in [2.05, 4.69) is 95.8 Å². The fourth-order valence-electron chi connectivity index (χ4n) is 5.66. The Bertz CT molecular complexity index is 844. The van der Waals surface area contributed by atoms with E-state index in [4.69, 9.17) is 0 Å². The number of hydrogen-bond acceptors (Lipinski definition) is 2. The van der Waals surface area contributed by atoms with Gasteiger partial charge >= 0.3 is 0 Å². The minimum atomic E-state index is 0.00993. The number of rotatable bonds is 6. The summed E-state index contributed by atoms with van der Waals surface area (Å²) in [6, 6.07) is 21.4. The fraction of sp³-hybridized carbons (Fsp3) is 0.594. The quantitative estimate of drug-likeness (QED) is 0.429. The lowest BCUT2D eigenvalue weighted by atomic mass is 9.80. The molecule has 2 heteroatoms. The first-order valence-electron chi connectivity index (χ1n) is 13.2. The number of ketones is 1. The highest BCUT2D eigenvalue weighted by molar-refractivity contribution is 5.84. The first-order valence-corrected chi connectivity index (χ1v) is 13.2. The standard InChI is InChI=1S/C18H27NO.C14H22/c1-14(20)17(15-10-6-5-7-11-15)16-12-8-9-13-19(16)18(2,3)4;1-12(11-14(2,3)4)10-13-8-6-5-7-9-13/h5-7,10-11,16-17H,8-9,12-13H2,1-4H3;5-9,12H,10-11H2,1-4H3/t16-,17-;12-/m10/s1. The summed E-state index contributed by atoms with van der Waals surface area (Å²) < 4.78 is 0. The smallest absolute Gasteiger partial charge is 0.138 e. The molecular weight excluding hydrogens is 414 g/mol. The largest absolute Gasteiger partial charge is 0.299 e. The van der Waals surface area contributed by atoms with Gasteiger partial charge in [-0.15, -0.1) is 0 Å². The Kier molecular flexibility index (Phi) is 10.6. The molecule has 2 nitrogen and oxygen atoms in total. The van der Waals surface area contributed by atoms with Gasteiger partial charge in [-0.2, -0.15) is 0 Å². The molecule has 0 spiro atoms. The maximum atomic E-state index is 12.3. The highest BCUT2D eigenvalue weighted by Crippen LogP contribution is 2.35. The number of carbonyl (C=O) groups is 1. The number of nitrogens with zero attached hydrogens (tertiary/aromatic N) is 1. The maximum Gasteiger partial charge on any atom is 0.138 e. The van der Waals surface area contributed by atoms with Gasteiger partial charge in [-0.25, -0.2) is 0 Å². The molecule has 3 rings (SSSR count). The van der Waals surface area contributed by atoms with Crippen molar-refractivity contribution in [1.82, 2.24) is 4.90 Å². The third-order valence-electron chi connectivity index (χ3n) is 6.78. The zero-order chi connectivity index (χ0) is 25.4. The van der Waals surface area contributed by atoms with Gasteiger partial charge in [-0.3, -0.25) is 9.69 Å². The summed E-state index contributed by atoms with van der Waals surface area (Å²) >= 11 is 0. The van der Waals surface area contributed by atoms with Gasteiger partial charge in [0.1, 0.15) is 5.78 Å². The molecule has 1 fully saturated rings. The molecule has 0 aliphatic carbocycles. The molecule has 0 saturated carbocycles. The average Bonchev–Trinajstić information content (AvgIpc) is 2.74. The van der Waals surface area contributed by atoms with Crippen LogP contribution in [-0.2, 0) is 11.2 Å². The van der Waals surface area contributed by atoms with Crippen LogP contribution in [-0.4, -0.2) is 28.8 Å². The number of benzene rings is 2. The Balaban J connectivity index is 0.000000257. The lowest BCUT2D eigenvalue weighted by molar-refractivity contribution is -0.121. The van der Waals surface area contributed by atoms with Crippen molar-refractivity contribution in [2.75, 3.05) is 6.54 Å². The summed E-state index contributed by atoms with van der Waals surface area (Å²) in [7, 11) is 0. The molecular formula is C32H49NO. The molecule has 1 aliphatic rings. The fourth-order valence-corrected chi connectivity index (χ4v) is 5.66. The number of carbonyl (C=O) groups excluding carboxylic acids is 1. The maximum absolute atomic E-state index is 12.3.